The van der Waals surface area contributed by atoms with Crippen LogP contribution in [0.1, 0.15) is 26.2 Å². The third-order valence-corrected chi connectivity index (χ3v) is 2.07. The molecule has 1 radical (unpaired) electrons. The molecule has 2 unspecified atom stereocenters. The lowest BCUT2D eigenvalue weighted by molar-refractivity contribution is 0.526. The quantitative estimate of drug-likeness (QED) is 0.506. The molecule has 0 aliphatic heterocycles. The van der Waals surface area contributed by atoms with Gasteiger partial charge in [0.2, 0.25) is 0 Å². The van der Waals surface area contributed by atoms with E-state index in [2.05, 4.69) is 20.4 Å². The van der Waals surface area contributed by atoms with E-state index in [-0.39, 0.29) is 0 Å². The average Bonchev–Trinajstić information content (AvgIpc) is 2.47. The first-order valence-electron chi connectivity index (χ1n) is 3.76. The van der Waals surface area contributed by atoms with E-state index in [9.17, 15) is 0 Å². The molecule has 1 aliphatic carbocycles. The largest absolute Gasteiger partial charge is 0.0995 e. The maximum Gasteiger partial charge on any atom is -0.0140 e. The van der Waals surface area contributed by atoms with Crippen molar-refractivity contribution in [1.82, 2.24) is 0 Å². The van der Waals surface area contributed by atoms with Crippen LogP contribution in [0.2, 0.25) is 0 Å². The summed E-state index contributed by atoms with van der Waals surface area (Å²) in [5.41, 5.74) is 1.42. The predicted octanol–water partition coefficient (Wildman–Crippen LogP) is 2.81. The zero-order chi connectivity index (χ0) is 6.85. The van der Waals surface area contributed by atoms with Crippen molar-refractivity contribution in [2.75, 3.05) is 0 Å². The minimum Gasteiger partial charge on any atom is -0.0995 e. The first-order valence-corrected chi connectivity index (χ1v) is 3.76. The highest BCUT2D eigenvalue weighted by molar-refractivity contribution is 5.20. The molecule has 0 aromatic heterocycles. The molecule has 0 saturated heterocycles. The van der Waals surface area contributed by atoms with Crippen LogP contribution in [0.25, 0.3) is 0 Å². The van der Waals surface area contributed by atoms with Gasteiger partial charge in [-0.15, -0.1) is 0 Å². The lowest BCUT2D eigenvalue weighted by Crippen LogP contribution is -1.95. The lowest BCUT2D eigenvalue weighted by Gasteiger charge is -2.04. The van der Waals surface area contributed by atoms with Crippen LogP contribution in [0.15, 0.2) is 12.2 Å². The molecule has 51 valence electrons. The van der Waals surface area contributed by atoms with E-state index in [1.165, 1.54) is 24.8 Å². The van der Waals surface area contributed by atoms with Crippen molar-refractivity contribution < 1.29 is 0 Å². The van der Waals surface area contributed by atoms with E-state index in [0.29, 0.717) is 5.92 Å². The molecule has 1 fully saturated rings. The Balaban J connectivity index is 2.19. The van der Waals surface area contributed by atoms with Crippen LogP contribution in [0.4, 0.5) is 0 Å². The Hall–Kier alpha value is -0.260. The predicted molar refractivity (Wildman–Crippen MR) is 41.0 cm³/mol. The summed E-state index contributed by atoms with van der Waals surface area (Å²) in [6.07, 6.45) is 3.77. The topological polar surface area (TPSA) is 0 Å². The van der Waals surface area contributed by atoms with Crippen LogP contribution in [-0.4, -0.2) is 0 Å². The molecule has 0 nitrogen and oxygen atoms in total. The number of rotatable bonds is 3. The van der Waals surface area contributed by atoms with Gasteiger partial charge in [0.15, 0.2) is 0 Å². The molecule has 0 aromatic rings. The van der Waals surface area contributed by atoms with Crippen molar-refractivity contribution >= 4 is 0 Å². The molecule has 9 heavy (non-hydrogen) atoms. The fourth-order valence-corrected chi connectivity index (χ4v) is 1.30. The van der Waals surface area contributed by atoms with Gasteiger partial charge in [-0.3, -0.25) is 0 Å². The summed E-state index contributed by atoms with van der Waals surface area (Å²) in [6.45, 7) is 10.2. The lowest BCUT2D eigenvalue weighted by atomic mass is 10.0. The molecule has 0 amide bonds. The highest BCUT2D eigenvalue weighted by Gasteiger charge is 2.31. The van der Waals surface area contributed by atoms with E-state index < -0.39 is 0 Å². The summed E-state index contributed by atoms with van der Waals surface area (Å²) in [4.78, 5) is 0. The highest BCUT2D eigenvalue weighted by Crippen LogP contribution is 2.43. The van der Waals surface area contributed by atoms with Gasteiger partial charge in [0.25, 0.3) is 0 Å². The Morgan fingerprint density at radius 2 is 2.33 bits per heavy atom. The van der Waals surface area contributed by atoms with Gasteiger partial charge in [-0.2, -0.15) is 0 Å². The molecule has 2 atom stereocenters. The van der Waals surface area contributed by atoms with Gasteiger partial charge in [-0.05, 0) is 25.2 Å². The Labute approximate surface area is 58.0 Å². The molecule has 0 aromatic carbocycles. The molecule has 0 N–H and O–H groups in total. The number of hydrogen-bond acceptors (Lipinski definition) is 0. The van der Waals surface area contributed by atoms with Crippen LogP contribution < -0.4 is 0 Å². The van der Waals surface area contributed by atoms with E-state index in [4.69, 9.17) is 0 Å². The molecule has 0 heteroatoms. The first-order chi connectivity index (χ1) is 4.25. The maximum atomic E-state index is 4.08. The molecule has 0 bridgehead atoms. The van der Waals surface area contributed by atoms with Crippen LogP contribution in [0.3, 0.4) is 0 Å². The van der Waals surface area contributed by atoms with E-state index in [1.54, 1.807) is 0 Å². The van der Waals surface area contributed by atoms with Crippen LogP contribution in [0, 0.1) is 18.8 Å². The van der Waals surface area contributed by atoms with Crippen LogP contribution in [0.5, 0.6) is 0 Å². The minimum atomic E-state index is 0.655. The molecule has 0 heterocycles. The van der Waals surface area contributed by atoms with Crippen LogP contribution >= 0.6 is 0 Å². The summed E-state index contributed by atoms with van der Waals surface area (Å²) in [6, 6.07) is 0. The summed E-state index contributed by atoms with van der Waals surface area (Å²) in [5, 5.41) is 0. The SMILES string of the molecule is [CH2]C(CCC)C1CC1=C. The van der Waals surface area contributed by atoms with Gasteiger partial charge < -0.3 is 0 Å². The third kappa shape index (κ3) is 1.57. The standard InChI is InChI=1S/C9H15/c1-4-5-7(2)9-6-8(9)3/h7,9H,2-6H2,1H3. The summed E-state index contributed by atoms with van der Waals surface area (Å²) in [5.74, 6) is 1.44. The van der Waals surface area contributed by atoms with Crippen molar-refractivity contribution in [3.05, 3.63) is 19.1 Å². The van der Waals surface area contributed by atoms with Crippen molar-refractivity contribution in [2.24, 2.45) is 11.8 Å². The molecule has 1 rings (SSSR count). The Morgan fingerprint density at radius 1 is 1.78 bits per heavy atom. The minimum absolute atomic E-state index is 0.655. The monoisotopic (exact) mass is 123 g/mol. The van der Waals surface area contributed by atoms with Crippen molar-refractivity contribution in [3.8, 4) is 0 Å². The number of allylic oxidation sites excluding steroid dienone is 1. The van der Waals surface area contributed by atoms with Crippen molar-refractivity contribution in [1.29, 1.82) is 0 Å². The molecular formula is C9H15. The van der Waals surface area contributed by atoms with Gasteiger partial charge in [0, 0.05) is 0 Å². The summed E-state index contributed by atoms with van der Waals surface area (Å²) in [7, 11) is 0. The summed E-state index contributed by atoms with van der Waals surface area (Å²) < 4.78 is 0. The molecule has 0 spiro atoms. The number of hydrogen-bond donors (Lipinski definition) is 0. The van der Waals surface area contributed by atoms with Gasteiger partial charge in [0.1, 0.15) is 0 Å². The second kappa shape index (κ2) is 2.55. The third-order valence-electron chi connectivity index (χ3n) is 2.07. The van der Waals surface area contributed by atoms with Gasteiger partial charge >= 0.3 is 0 Å². The van der Waals surface area contributed by atoms with E-state index in [1.807, 2.05) is 0 Å². The zero-order valence-electron chi connectivity index (χ0n) is 6.19. The van der Waals surface area contributed by atoms with E-state index >= 15 is 0 Å². The van der Waals surface area contributed by atoms with Crippen molar-refractivity contribution in [3.63, 3.8) is 0 Å². The van der Waals surface area contributed by atoms with Gasteiger partial charge in [-0.1, -0.05) is 31.9 Å². The average molecular weight is 123 g/mol. The molecule has 1 aliphatic rings. The Kier molecular flexibility index (Phi) is 1.94. The van der Waals surface area contributed by atoms with E-state index in [0.717, 1.165) is 5.92 Å². The van der Waals surface area contributed by atoms with Gasteiger partial charge in [0.05, 0.1) is 0 Å². The van der Waals surface area contributed by atoms with Crippen LogP contribution in [-0.2, 0) is 0 Å². The summed E-state index contributed by atoms with van der Waals surface area (Å²) >= 11 is 0. The second-order valence-corrected chi connectivity index (χ2v) is 3.02. The highest BCUT2D eigenvalue weighted by atomic mass is 14.4. The maximum absolute atomic E-state index is 4.08. The zero-order valence-corrected chi connectivity index (χ0v) is 6.19. The normalized spacial score (nSPS) is 28.2. The second-order valence-electron chi connectivity index (χ2n) is 3.02. The smallest absolute Gasteiger partial charge is 0.0140 e. The Bertz CT molecular complexity index is 113. The molecule has 1 saturated carbocycles. The Morgan fingerprint density at radius 3 is 2.67 bits per heavy atom. The fourth-order valence-electron chi connectivity index (χ4n) is 1.30. The molecular weight excluding hydrogens is 108 g/mol. The van der Waals surface area contributed by atoms with Crippen molar-refractivity contribution in [2.45, 2.75) is 26.2 Å². The van der Waals surface area contributed by atoms with Gasteiger partial charge in [-0.25, -0.2) is 0 Å². The first kappa shape index (κ1) is 6.85. The fraction of sp³-hybridized carbons (Fsp3) is 0.667.